The minimum atomic E-state index is -0.529. The zero-order valence-corrected chi connectivity index (χ0v) is 16.1. The summed E-state index contributed by atoms with van der Waals surface area (Å²) in [7, 11) is 0. The highest BCUT2D eigenvalue weighted by atomic mass is 32.2. The van der Waals surface area contributed by atoms with Gasteiger partial charge in [0.15, 0.2) is 0 Å². The fourth-order valence-corrected chi connectivity index (χ4v) is 2.87. The molecule has 3 amide bonds. The fraction of sp³-hybridized carbons (Fsp3) is 0.812. The number of hydrogen-bond acceptors (Lipinski definition) is 5. The Labute approximate surface area is 148 Å². The maximum atomic E-state index is 12.6. The van der Waals surface area contributed by atoms with Gasteiger partial charge >= 0.3 is 6.09 Å². The number of rotatable bonds is 5. The van der Waals surface area contributed by atoms with Crippen LogP contribution in [0.4, 0.5) is 4.79 Å². The van der Waals surface area contributed by atoms with Gasteiger partial charge in [-0.3, -0.25) is 9.59 Å². The molecule has 7 nitrogen and oxygen atoms in total. The maximum Gasteiger partial charge on any atom is 0.410 e. The van der Waals surface area contributed by atoms with Crippen LogP contribution in [-0.2, 0) is 14.3 Å². The molecule has 0 saturated carbocycles. The molecule has 1 atom stereocenters. The Bertz CT molecular complexity index is 457. The predicted molar refractivity (Wildman–Crippen MR) is 95.0 cm³/mol. The maximum absolute atomic E-state index is 12.6. The van der Waals surface area contributed by atoms with E-state index in [9.17, 15) is 14.4 Å². The SMILES string of the molecule is CSCC[C@H](NC(C)=O)C(=O)N1CCN(C(=O)OC(C)(C)C)CC1. The smallest absolute Gasteiger partial charge is 0.410 e. The second-order valence-corrected chi connectivity index (χ2v) is 7.81. The summed E-state index contributed by atoms with van der Waals surface area (Å²) in [4.78, 5) is 39.3. The number of thioether (sulfide) groups is 1. The third-order valence-electron chi connectivity index (χ3n) is 3.53. The molecule has 0 unspecified atom stereocenters. The molecule has 138 valence electrons. The van der Waals surface area contributed by atoms with E-state index in [1.807, 2.05) is 27.0 Å². The number of carbonyl (C=O) groups is 3. The summed E-state index contributed by atoms with van der Waals surface area (Å²) in [6, 6.07) is -0.497. The van der Waals surface area contributed by atoms with Gasteiger partial charge in [0, 0.05) is 33.1 Å². The van der Waals surface area contributed by atoms with Crippen molar-refractivity contribution in [1.82, 2.24) is 15.1 Å². The number of ether oxygens (including phenoxy) is 1. The lowest BCUT2D eigenvalue weighted by Gasteiger charge is -2.37. The molecule has 1 rings (SSSR count). The predicted octanol–water partition coefficient (Wildman–Crippen LogP) is 1.32. The summed E-state index contributed by atoms with van der Waals surface area (Å²) in [5.74, 6) is 0.513. The zero-order chi connectivity index (χ0) is 18.3. The van der Waals surface area contributed by atoms with Crippen LogP contribution in [0.15, 0.2) is 0 Å². The second kappa shape index (κ2) is 9.15. The number of piperazine rings is 1. The van der Waals surface area contributed by atoms with Crippen molar-refractivity contribution in [3.05, 3.63) is 0 Å². The van der Waals surface area contributed by atoms with Crippen LogP contribution in [0.1, 0.15) is 34.1 Å². The zero-order valence-electron chi connectivity index (χ0n) is 15.3. The van der Waals surface area contributed by atoms with E-state index in [1.54, 1.807) is 21.6 Å². The summed E-state index contributed by atoms with van der Waals surface area (Å²) < 4.78 is 5.35. The molecule has 0 aromatic rings. The van der Waals surface area contributed by atoms with Gasteiger partial charge in [-0.25, -0.2) is 4.79 Å². The fourth-order valence-electron chi connectivity index (χ4n) is 2.39. The largest absolute Gasteiger partial charge is 0.444 e. The van der Waals surface area contributed by atoms with Gasteiger partial charge in [-0.2, -0.15) is 11.8 Å². The van der Waals surface area contributed by atoms with Crippen LogP contribution in [0.25, 0.3) is 0 Å². The van der Waals surface area contributed by atoms with Crippen LogP contribution in [0.2, 0.25) is 0 Å². The lowest BCUT2D eigenvalue weighted by atomic mass is 10.1. The topological polar surface area (TPSA) is 79.0 Å². The molecule has 1 heterocycles. The van der Waals surface area contributed by atoms with Crippen LogP contribution in [0, 0.1) is 0 Å². The third kappa shape index (κ3) is 6.98. The number of nitrogens with zero attached hydrogens (tertiary/aromatic N) is 2. The monoisotopic (exact) mass is 359 g/mol. The molecular weight excluding hydrogens is 330 g/mol. The first kappa shape index (κ1) is 20.6. The van der Waals surface area contributed by atoms with Crippen molar-refractivity contribution in [3.8, 4) is 0 Å². The quantitative estimate of drug-likeness (QED) is 0.801. The summed E-state index contributed by atoms with van der Waals surface area (Å²) in [5.41, 5.74) is -0.529. The van der Waals surface area contributed by atoms with Crippen molar-refractivity contribution in [2.45, 2.75) is 45.8 Å². The molecule has 0 radical (unpaired) electrons. The van der Waals surface area contributed by atoms with Gasteiger partial charge in [-0.1, -0.05) is 0 Å². The van der Waals surface area contributed by atoms with E-state index >= 15 is 0 Å². The van der Waals surface area contributed by atoms with Gasteiger partial charge < -0.3 is 19.9 Å². The Kier molecular flexibility index (Phi) is 7.86. The van der Waals surface area contributed by atoms with E-state index < -0.39 is 11.6 Å². The van der Waals surface area contributed by atoms with Gasteiger partial charge in [-0.05, 0) is 39.2 Å². The molecule has 1 saturated heterocycles. The van der Waals surface area contributed by atoms with E-state index in [0.717, 1.165) is 5.75 Å². The molecule has 0 spiro atoms. The first-order chi connectivity index (χ1) is 11.1. The standard InChI is InChI=1S/C16H29N3O4S/c1-12(20)17-13(6-11-24-5)14(21)18-7-9-19(10-8-18)15(22)23-16(2,3)4/h13H,6-11H2,1-5H3,(H,17,20)/t13-/m0/s1. The molecule has 1 aliphatic heterocycles. The summed E-state index contributed by atoms with van der Waals surface area (Å²) in [6.45, 7) is 8.68. The molecule has 0 aliphatic carbocycles. The first-order valence-corrected chi connectivity index (χ1v) is 9.56. The summed E-state index contributed by atoms with van der Waals surface area (Å²) in [5, 5.41) is 2.73. The Hall–Kier alpha value is -1.44. The van der Waals surface area contributed by atoms with Crippen molar-refractivity contribution >= 4 is 29.7 Å². The van der Waals surface area contributed by atoms with Crippen molar-refractivity contribution in [1.29, 1.82) is 0 Å². The van der Waals surface area contributed by atoms with Gasteiger partial charge in [0.1, 0.15) is 11.6 Å². The Morgan fingerprint density at radius 3 is 2.12 bits per heavy atom. The van der Waals surface area contributed by atoms with Gasteiger partial charge in [0.25, 0.3) is 0 Å². The normalized spacial score (nSPS) is 16.5. The number of amides is 3. The van der Waals surface area contributed by atoms with E-state index in [1.165, 1.54) is 6.92 Å². The second-order valence-electron chi connectivity index (χ2n) is 6.83. The average molecular weight is 359 g/mol. The number of nitrogens with one attached hydrogen (secondary N) is 1. The van der Waals surface area contributed by atoms with Gasteiger partial charge in [-0.15, -0.1) is 0 Å². The highest BCUT2D eigenvalue weighted by molar-refractivity contribution is 7.98. The van der Waals surface area contributed by atoms with E-state index in [0.29, 0.717) is 32.6 Å². The molecule has 0 aromatic carbocycles. The van der Waals surface area contributed by atoms with Crippen molar-refractivity contribution in [3.63, 3.8) is 0 Å². The Morgan fingerprint density at radius 1 is 1.12 bits per heavy atom. The van der Waals surface area contributed by atoms with Gasteiger partial charge in [0.2, 0.25) is 11.8 Å². The Morgan fingerprint density at radius 2 is 1.67 bits per heavy atom. The molecule has 8 heteroatoms. The number of hydrogen-bond donors (Lipinski definition) is 1. The molecule has 0 aromatic heterocycles. The van der Waals surface area contributed by atoms with Gasteiger partial charge in [0.05, 0.1) is 0 Å². The third-order valence-corrected chi connectivity index (χ3v) is 4.17. The van der Waals surface area contributed by atoms with Crippen LogP contribution in [0.5, 0.6) is 0 Å². The minimum absolute atomic E-state index is 0.0805. The van der Waals surface area contributed by atoms with E-state index in [-0.39, 0.29) is 17.9 Å². The highest BCUT2D eigenvalue weighted by Crippen LogP contribution is 2.13. The van der Waals surface area contributed by atoms with Crippen molar-refractivity contribution in [2.24, 2.45) is 0 Å². The van der Waals surface area contributed by atoms with Crippen molar-refractivity contribution in [2.75, 3.05) is 38.2 Å². The molecule has 1 aliphatic rings. The Balaban J connectivity index is 2.56. The van der Waals surface area contributed by atoms with Crippen LogP contribution >= 0.6 is 11.8 Å². The van der Waals surface area contributed by atoms with E-state index in [2.05, 4.69) is 5.32 Å². The lowest BCUT2D eigenvalue weighted by molar-refractivity contribution is -0.137. The highest BCUT2D eigenvalue weighted by Gasteiger charge is 2.30. The molecule has 1 fully saturated rings. The van der Waals surface area contributed by atoms with E-state index in [4.69, 9.17) is 4.74 Å². The molecule has 0 bridgehead atoms. The minimum Gasteiger partial charge on any atom is -0.444 e. The lowest BCUT2D eigenvalue weighted by Crippen LogP contribution is -2.56. The van der Waals surface area contributed by atoms with Crippen LogP contribution < -0.4 is 5.32 Å². The molecular formula is C16H29N3O4S. The van der Waals surface area contributed by atoms with Crippen molar-refractivity contribution < 1.29 is 19.1 Å². The average Bonchev–Trinajstić information content (AvgIpc) is 2.49. The summed E-state index contributed by atoms with van der Waals surface area (Å²) in [6.07, 6.45) is 2.22. The van der Waals surface area contributed by atoms with Crippen LogP contribution in [0.3, 0.4) is 0 Å². The first-order valence-electron chi connectivity index (χ1n) is 8.17. The van der Waals surface area contributed by atoms with Crippen LogP contribution in [-0.4, -0.2) is 77.5 Å². The molecule has 24 heavy (non-hydrogen) atoms. The summed E-state index contributed by atoms with van der Waals surface area (Å²) >= 11 is 1.64. The number of carbonyl (C=O) groups excluding carboxylic acids is 3. The molecule has 1 N–H and O–H groups in total.